The van der Waals surface area contributed by atoms with Gasteiger partial charge in [0.25, 0.3) is 0 Å². The Labute approximate surface area is 145 Å². The predicted molar refractivity (Wildman–Crippen MR) is 102 cm³/mol. The summed E-state index contributed by atoms with van der Waals surface area (Å²) < 4.78 is 0. The zero-order chi connectivity index (χ0) is 17.7. The van der Waals surface area contributed by atoms with Crippen LogP contribution in [0.15, 0.2) is 48.5 Å². The SMILES string of the molecule is CCC(NC(=O)Nc1c(C)cccc1C(C)(C)C)c1ccccc1. The monoisotopic (exact) mass is 324 g/mol. The predicted octanol–water partition coefficient (Wildman–Crippen LogP) is 5.57. The fourth-order valence-electron chi connectivity index (χ4n) is 2.87. The van der Waals surface area contributed by atoms with Gasteiger partial charge < -0.3 is 10.6 Å². The van der Waals surface area contributed by atoms with E-state index in [4.69, 9.17) is 0 Å². The maximum Gasteiger partial charge on any atom is 0.319 e. The quantitative estimate of drug-likeness (QED) is 0.759. The van der Waals surface area contributed by atoms with Crippen molar-refractivity contribution in [1.29, 1.82) is 0 Å². The molecule has 0 aliphatic rings. The second kappa shape index (κ2) is 7.52. The van der Waals surface area contributed by atoms with Gasteiger partial charge in [0, 0.05) is 5.69 Å². The van der Waals surface area contributed by atoms with E-state index in [1.165, 1.54) is 0 Å². The smallest absolute Gasteiger partial charge is 0.319 e. The number of rotatable bonds is 4. The lowest BCUT2D eigenvalue weighted by Crippen LogP contribution is -2.33. The molecule has 0 spiro atoms. The van der Waals surface area contributed by atoms with Gasteiger partial charge in [-0.15, -0.1) is 0 Å². The second-order valence-corrected chi connectivity index (χ2v) is 7.22. The van der Waals surface area contributed by atoms with Gasteiger partial charge in [-0.2, -0.15) is 0 Å². The average molecular weight is 324 g/mol. The van der Waals surface area contributed by atoms with Crippen molar-refractivity contribution < 1.29 is 4.79 Å². The summed E-state index contributed by atoms with van der Waals surface area (Å²) in [5.74, 6) is 0. The van der Waals surface area contributed by atoms with Crippen LogP contribution in [0.1, 0.15) is 56.8 Å². The zero-order valence-electron chi connectivity index (χ0n) is 15.3. The molecule has 0 saturated heterocycles. The van der Waals surface area contributed by atoms with Gasteiger partial charge in [-0.05, 0) is 35.4 Å². The van der Waals surface area contributed by atoms with E-state index < -0.39 is 0 Å². The van der Waals surface area contributed by atoms with E-state index in [0.717, 1.165) is 28.8 Å². The standard InChI is InChI=1S/C21H28N2O/c1-6-18(16-12-8-7-9-13-16)22-20(24)23-19-15(2)11-10-14-17(19)21(3,4)5/h7-14,18H,6H2,1-5H3,(H2,22,23,24). The number of urea groups is 1. The van der Waals surface area contributed by atoms with Crippen molar-refractivity contribution in [1.82, 2.24) is 5.32 Å². The molecule has 2 aromatic carbocycles. The van der Waals surface area contributed by atoms with Gasteiger partial charge in [0.05, 0.1) is 6.04 Å². The maximum atomic E-state index is 12.6. The molecular formula is C21H28N2O. The first kappa shape index (κ1) is 18.1. The average Bonchev–Trinajstić information content (AvgIpc) is 2.54. The van der Waals surface area contributed by atoms with E-state index in [0.29, 0.717) is 0 Å². The number of hydrogen-bond acceptors (Lipinski definition) is 1. The Morgan fingerprint density at radius 1 is 1.04 bits per heavy atom. The lowest BCUT2D eigenvalue weighted by atomic mass is 9.84. The van der Waals surface area contributed by atoms with E-state index >= 15 is 0 Å². The highest BCUT2D eigenvalue weighted by molar-refractivity contribution is 5.91. The highest BCUT2D eigenvalue weighted by atomic mass is 16.2. The molecule has 0 fully saturated rings. The van der Waals surface area contributed by atoms with Gasteiger partial charge >= 0.3 is 6.03 Å². The molecule has 2 rings (SSSR count). The van der Waals surface area contributed by atoms with Crippen LogP contribution in [0, 0.1) is 6.92 Å². The van der Waals surface area contributed by atoms with Crippen molar-refractivity contribution in [3.8, 4) is 0 Å². The minimum atomic E-state index is -0.162. The third-order valence-electron chi connectivity index (χ3n) is 4.23. The third-order valence-corrected chi connectivity index (χ3v) is 4.23. The Bertz CT molecular complexity index is 687. The Balaban J connectivity index is 2.18. The van der Waals surface area contributed by atoms with Gasteiger partial charge in [0.2, 0.25) is 0 Å². The minimum absolute atomic E-state index is 0.00769. The number of amides is 2. The van der Waals surface area contributed by atoms with Crippen LogP contribution in [0.4, 0.5) is 10.5 Å². The number of para-hydroxylation sites is 1. The molecule has 1 atom stereocenters. The molecule has 0 aliphatic heterocycles. The highest BCUT2D eigenvalue weighted by Crippen LogP contribution is 2.32. The van der Waals surface area contributed by atoms with Crippen LogP contribution in [0.2, 0.25) is 0 Å². The van der Waals surface area contributed by atoms with Crippen molar-refractivity contribution in [2.45, 2.75) is 52.5 Å². The van der Waals surface area contributed by atoms with Gasteiger partial charge in [-0.1, -0.05) is 76.2 Å². The van der Waals surface area contributed by atoms with Crippen molar-refractivity contribution in [3.05, 3.63) is 65.2 Å². The summed E-state index contributed by atoms with van der Waals surface area (Å²) in [6.07, 6.45) is 0.845. The molecule has 0 bridgehead atoms. The Morgan fingerprint density at radius 2 is 1.71 bits per heavy atom. The van der Waals surface area contributed by atoms with Crippen molar-refractivity contribution >= 4 is 11.7 Å². The number of aryl methyl sites for hydroxylation is 1. The summed E-state index contributed by atoms with van der Waals surface area (Å²) in [5, 5.41) is 6.16. The first-order chi connectivity index (χ1) is 11.3. The van der Waals surface area contributed by atoms with Gasteiger partial charge in [0.15, 0.2) is 0 Å². The van der Waals surface area contributed by atoms with Crippen LogP contribution >= 0.6 is 0 Å². The Hall–Kier alpha value is -2.29. The molecule has 0 aliphatic carbocycles. The molecule has 0 saturated carbocycles. The Morgan fingerprint density at radius 3 is 2.29 bits per heavy atom. The summed E-state index contributed by atoms with van der Waals surface area (Å²) in [6.45, 7) is 10.6. The fourth-order valence-corrected chi connectivity index (χ4v) is 2.87. The van der Waals surface area contributed by atoms with Gasteiger partial charge in [-0.3, -0.25) is 0 Å². The van der Waals surface area contributed by atoms with Crippen LogP contribution in [0.5, 0.6) is 0 Å². The first-order valence-corrected chi connectivity index (χ1v) is 8.55. The fraction of sp³-hybridized carbons (Fsp3) is 0.381. The molecular weight excluding hydrogens is 296 g/mol. The normalized spacial score (nSPS) is 12.5. The summed E-state index contributed by atoms with van der Waals surface area (Å²) in [7, 11) is 0. The summed E-state index contributed by atoms with van der Waals surface area (Å²) >= 11 is 0. The lowest BCUT2D eigenvalue weighted by Gasteiger charge is -2.25. The van der Waals surface area contributed by atoms with E-state index in [9.17, 15) is 4.79 Å². The van der Waals surface area contributed by atoms with Crippen LogP contribution < -0.4 is 10.6 Å². The molecule has 128 valence electrons. The van der Waals surface area contributed by atoms with Crippen LogP contribution in [-0.2, 0) is 5.41 Å². The number of carbonyl (C=O) groups is 1. The van der Waals surface area contributed by atoms with Crippen LogP contribution in [0.3, 0.4) is 0 Å². The highest BCUT2D eigenvalue weighted by Gasteiger charge is 2.21. The minimum Gasteiger partial charge on any atom is -0.331 e. The first-order valence-electron chi connectivity index (χ1n) is 8.55. The molecule has 1 unspecified atom stereocenters. The molecule has 2 amide bonds. The zero-order valence-corrected chi connectivity index (χ0v) is 15.3. The molecule has 24 heavy (non-hydrogen) atoms. The van der Waals surface area contributed by atoms with Crippen molar-refractivity contribution in [2.24, 2.45) is 0 Å². The summed E-state index contributed by atoms with van der Waals surface area (Å²) in [4.78, 5) is 12.6. The second-order valence-electron chi connectivity index (χ2n) is 7.22. The van der Waals surface area contributed by atoms with E-state index in [1.54, 1.807) is 0 Å². The molecule has 0 aromatic heterocycles. The molecule has 3 nitrogen and oxygen atoms in total. The number of benzene rings is 2. The van der Waals surface area contributed by atoms with Crippen molar-refractivity contribution in [3.63, 3.8) is 0 Å². The lowest BCUT2D eigenvalue weighted by molar-refractivity contribution is 0.248. The van der Waals surface area contributed by atoms with Crippen molar-refractivity contribution in [2.75, 3.05) is 5.32 Å². The number of anilines is 1. The topological polar surface area (TPSA) is 41.1 Å². The number of nitrogens with one attached hydrogen (secondary N) is 2. The molecule has 2 aromatic rings. The largest absolute Gasteiger partial charge is 0.331 e. The molecule has 2 N–H and O–H groups in total. The summed E-state index contributed by atoms with van der Waals surface area (Å²) in [6, 6.07) is 16.1. The molecule has 0 heterocycles. The van der Waals surface area contributed by atoms with E-state index in [1.807, 2.05) is 49.4 Å². The van der Waals surface area contributed by atoms with E-state index in [-0.39, 0.29) is 17.5 Å². The number of hydrogen-bond donors (Lipinski definition) is 2. The molecule has 0 radical (unpaired) electrons. The van der Waals surface area contributed by atoms with E-state index in [2.05, 4.69) is 44.4 Å². The van der Waals surface area contributed by atoms with Crippen LogP contribution in [0.25, 0.3) is 0 Å². The Kier molecular flexibility index (Phi) is 5.66. The van der Waals surface area contributed by atoms with Crippen LogP contribution in [-0.4, -0.2) is 6.03 Å². The summed E-state index contributed by atoms with van der Waals surface area (Å²) in [5.41, 5.74) is 4.22. The third kappa shape index (κ3) is 4.38. The molecule has 3 heteroatoms. The maximum absolute atomic E-state index is 12.6. The number of carbonyl (C=O) groups excluding carboxylic acids is 1. The van der Waals surface area contributed by atoms with Gasteiger partial charge in [0.1, 0.15) is 0 Å². The van der Waals surface area contributed by atoms with Gasteiger partial charge in [-0.25, -0.2) is 4.79 Å².